The molecule has 0 spiro atoms. The molecule has 0 amide bonds. The van der Waals surface area contributed by atoms with Crippen molar-refractivity contribution >= 4 is 11.4 Å². The largest absolute Gasteiger partial charge is 0.382 e. The number of rotatable bonds is 9. The Kier molecular flexibility index (Phi) is 6.59. The van der Waals surface area contributed by atoms with Crippen molar-refractivity contribution in [3.63, 3.8) is 0 Å². The second-order valence-corrected chi connectivity index (χ2v) is 5.13. The van der Waals surface area contributed by atoms with Gasteiger partial charge in [0.25, 0.3) is 0 Å². The fraction of sp³-hybridized carbons (Fsp3) is 0.643. The van der Waals surface area contributed by atoms with Gasteiger partial charge in [-0.2, -0.15) is 5.10 Å². The minimum absolute atomic E-state index is 0.509. The lowest BCUT2D eigenvalue weighted by atomic mass is 10.1. The van der Waals surface area contributed by atoms with Crippen molar-refractivity contribution in [3.05, 3.63) is 18.3 Å². The van der Waals surface area contributed by atoms with Gasteiger partial charge in [-0.3, -0.25) is 5.10 Å². The monoisotopic (exact) mass is 265 g/mol. The van der Waals surface area contributed by atoms with Crippen LogP contribution >= 0.6 is 0 Å². The molecule has 0 fully saturated rings. The normalized spacial score (nSPS) is 12.8. The predicted molar refractivity (Wildman–Crippen MR) is 81.9 cm³/mol. The van der Waals surface area contributed by atoms with Gasteiger partial charge in [-0.25, -0.2) is 0 Å². The van der Waals surface area contributed by atoms with Crippen LogP contribution in [-0.2, 0) is 0 Å². The van der Waals surface area contributed by atoms with E-state index in [0.29, 0.717) is 11.9 Å². The predicted octanol–water partition coefficient (Wildman–Crippen LogP) is 1.72. The maximum absolute atomic E-state index is 5.60. The Bertz CT molecular complexity index is 385. The Morgan fingerprint density at radius 1 is 1.63 bits per heavy atom. The van der Waals surface area contributed by atoms with Crippen molar-refractivity contribution in [2.45, 2.75) is 32.2 Å². The number of aromatic nitrogens is 2. The number of hydrogen-bond acceptors (Lipinski definition) is 4. The topological polar surface area (TPSA) is 70.0 Å². The fourth-order valence-corrected chi connectivity index (χ4v) is 2.15. The maximum Gasteiger partial charge on any atom is 0.145 e. The lowest BCUT2D eigenvalue weighted by molar-refractivity contribution is 0.312. The van der Waals surface area contributed by atoms with Gasteiger partial charge < -0.3 is 16.0 Å². The van der Waals surface area contributed by atoms with Crippen LogP contribution in [0.15, 0.2) is 12.6 Å². The Hall–Kier alpha value is -1.33. The highest BCUT2D eigenvalue weighted by Gasteiger charge is 2.11. The van der Waals surface area contributed by atoms with Crippen LogP contribution in [-0.4, -0.2) is 48.3 Å². The lowest BCUT2D eigenvalue weighted by Crippen LogP contribution is -2.38. The van der Waals surface area contributed by atoms with Gasteiger partial charge in [0.15, 0.2) is 0 Å². The summed E-state index contributed by atoms with van der Waals surface area (Å²) in [5.74, 6) is 0.509. The molecule has 0 aromatic carbocycles. The van der Waals surface area contributed by atoms with Crippen LogP contribution in [0.25, 0.3) is 5.57 Å². The standard InChI is InChI=1S/C14H27N5/c1-5-6-7-12(16-3)10-19(4)9-11(2)13-8-14(15)18-17-13/h8,12,16H,2,5-7,9-10H2,1,3-4H3,(H3,15,17,18). The highest BCUT2D eigenvalue weighted by atomic mass is 15.2. The number of H-pyrrole nitrogens is 1. The van der Waals surface area contributed by atoms with E-state index in [9.17, 15) is 0 Å². The second kappa shape index (κ2) is 7.96. The molecule has 5 heteroatoms. The lowest BCUT2D eigenvalue weighted by Gasteiger charge is -2.24. The Balaban J connectivity index is 2.41. The van der Waals surface area contributed by atoms with E-state index >= 15 is 0 Å². The molecule has 1 unspecified atom stereocenters. The molecule has 0 radical (unpaired) electrons. The van der Waals surface area contributed by atoms with Gasteiger partial charge in [0, 0.05) is 25.2 Å². The van der Waals surface area contributed by atoms with Crippen molar-refractivity contribution < 1.29 is 0 Å². The molecule has 5 nitrogen and oxygen atoms in total. The molecule has 0 bridgehead atoms. The molecule has 4 N–H and O–H groups in total. The van der Waals surface area contributed by atoms with E-state index in [1.165, 1.54) is 19.3 Å². The van der Waals surface area contributed by atoms with Crippen LogP contribution < -0.4 is 11.1 Å². The van der Waals surface area contributed by atoms with Gasteiger partial charge in [0.05, 0.1) is 5.69 Å². The number of nitrogens with two attached hydrogens (primary N) is 1. The van der Waals surface area contributed by atoms with Crippen molar-refractivity contribution in [1.29, 1.82) is 0 Å². The number of nitrogens with zero attached hydrogens (tertiary/aromatic N) is 2. The van der Waals surface area contributed by atoms with Crippen molar-refractivity contribution in [3.8, 4) is 0 Å². The molecule has 0 aliphatic rings. The third-order valence-electron chi connectivity index (χ3n) is 3.29. The van der Waals surface area contributed by atoms with E-state index in [2.05, 4.69) is 41.0 Å². The van der Waals surface area contributed by atoms with Crippen molar-refractivity contribution in [2.75, 3.05) is 32.9 Å². The number of anilines is 1. The second-order valence-electron chi connectivity index (χ2n) is 5.13. The van der Waals surface area contributed by atoms with Crippen LogP contribution in [0.4, 0.5) is 5.82 Å². The maximum atomic E-state index is 5.60. The Morgan fingerprint density at radius 3 is 2.89 bits per heavy atom. The van der Waals surface area contributed by atoms with E-state index in [-0.39, 0.29) is 0 Å². The van der Waals surface area contributed by atoms with Crippen LogP contribution in [0.2, 0.25) is 0 Å². The zero-order valence-corrected chi connectivity index (χ0v) is 12.4. The Labute approximate surface area is 116 Å². The summed E-state index contributed by atoms with van der Waals surface area (Å²) in [7, 11) is 4.14. The average molecular weight is 265 g/mol. The summed E-state index contributed by atoms with van der Waals surface area (Å²) in [4.78, 5) is 2.27. The zero-order valence-electron chi connectivity index (χ0n) is 12.4. The van der Waals surface area contributed by atoms with E-state index in [1.807, 2.05) is 13.1 Å². The zero-order chi connectivity index (χ0) is 14.3. The van der Waals surface area contributed by atoms with Gasteiger partial charge in [-0.05, 0) is 26.1 Å². The average Bonchev–Trinajstić information content (AvgIpc) is 2.81. The number of nitrogens with one attached hydrogen (secondary N) is 2. The fourth-order valence-electron chi connectivity index (χ4n) is 2.15. The van der Waals surface area contributed by atoms with E-state index < -0.39 is 0 Å². The van der Waals surface area contributed by atoms with Gasteiger partial charge in [-0.15, -0.1) is 0 Å². The molecule has 1 heterocycles. The molecule has 108 valence electrons. The van der Waals surface area contributed by atoms with Gasteiger partial charge in [-0.1, -0.05) is 26.3 Å². The van der Waals surface area contributed by atoms with Crippen LogP contribution in [0.3, 0.4) is 0 Å². The molecule has 1 aromatic rings. The van der Waals surface area contributed by atoms with Gasteiger partial charge in [0.1, 0.15) is 5.82 Å². The van der Waals surface area contributed by atoms with Crippen molar-refractivity contribution in [1.82, 2.24) is 20.4 Å². The van der Waals surface area contributed by atoms with Crippen molar-refractivity contribution in [2.24, 2.45) is 0 Å². The minimum atomic E-state index is 0.509. The third-order valence-corrected chi connectivity index (χ3v) is 3.29. The van der Waals surface area contributed by atoms with Gasteiger partial charge in [0.2, 0.25) is 0 Å². The molecule has 1 rings (SSSR count). The Morgan fingerprint density at radius 2 is 2.37 bits per heavy atom. The molecule has 0 aliphatic heterocycles. The smallest absolute Gasteiger partial charge is 0.145 e. The molecular formula is C14H27N5. The minimum Gasteiger partial charge on any atom is -0.382 e. The molecule has 0 saturated carbocycles. The summed E-state index contributed by atoms with van der Waals surface area (Å²) in [5, 5.41) is 10.2. The molecule has 1 atom stereocenters. The van der Waals surface area contributed by atoms with Crippen LogP contribution in [0.1, 0.15) is 31.9 Å². The number of unbranched alkanes of at least 4 members (excludes halogenated alkanes) is 1. The molecule has 1 aromatic heterocycles. The summed E-state index contributed by atoms with van der Waals surface area (Å²) in [6.45, 7) is 8.13. The summed E-state index contributed by atoms with van der Waals surface area (Å²) >= 11 is 0. The molecule has 19 heavy (non-hydrogen) atoms. The number of aromatic amines is 1. The number of likely N-dealkylation sites (N-methyl/N-ethyl adjacent to an activating group) is 2. The summed E-state index contributed by atoms with van der Waals surface area (Å²) in [6.07, 6.45) is 3.71. The van der Waals surface area contributed by atoms with Crippen LogP contribution in [0, 0.1) is 0 Å². The molecule has 0 aliphatic carbocycles. The first-order valence-corrected chi connectivity index (χ1v) is 6.91. The molecule has 0 saturated heterocycles. The first kappa shape index (κ1) is 15.7. The summed E-state index contributed by atoms with van der Waals surface area (Å²) < 4.78 is 0. The first-order chi connectivity index (χ1) is 9.06. The number of hydrogen-bond donors (Lipinski definition) is 3. The van der Waals surface area contributed by atoms with E-state index in [4.69, 9.17) is 5.73 Å². The quantitative estimate of drug-likeness (QED) is 0.636. The molecular weight excluding hydrogens is 238 g/mol. The van der Waals surface area contributed by atoms with Gasteiger partial charge >= 0.3 is 0 Å². The highest BCUT2D eigenvalue weighted by molar-refractivity contribution is 5.63. The van der Waals surface area contributed by atoms with E-state index in [0.717, 1.165) is 24.4 Å². The third kappa shape index (κ3) is 5.44. The highest BCUT2D eigenvalue weighted by Crippen LogP contribution is 2.13. The summed E-state index contributed by atoms with van der Waals surface area (Å²) in [6, 6.07) is 2.35. The number of nitrogen functional groups attached to an aromatic ring is 1. The van der Waals surface area contributed by atoms with E-state index in [1.54, 1.807) is 0 Å². The first-order valence-electron chi connectivity index (χ1n) is 6.91. The van der Waals surface area contributed by atoms with Crippen LogP contribution in [0.5, 0.6) is 0 Å². The summed E-state index contributed by atoms with van der Waals surface area (Å²) in [5.41, 5.74) is 7.52. The SMILES string of the molecule is C=C(CN(C)CC(CCCC)NC)c1cc(N)n[nH]1.